The second-order valence-electron chi connectivity index (χ2n) is 8.18. The average Bonchev–Trinajstić information content (AvgIpc) is 2.83. The van der Waals surface area contributed by atoms with Gasteiger partial charge in [-0.05, 0) is 17.2 Å². The van der Waals surface area contributed by atoms with Gasteiger partial charge < -0.3 is 20.0 Å². The molecule has 0 aromatic heterocycles. The lowest BCUT2D eigenvalue weighted by Gasteiger charge is -2.49. The molecule has 0 spiro atoms. The van der Waals surface area contributed by atoms with Gasteiger partial charge in [0.2, 0.25) is 5.91 Å². The Labute approximate surface area is 193 Å². The van der Waals surface area contributed by atoms with Crippen molar-refractivity contribution < 1.29 is 19.8 Å². The van der Waals surface area contributed by atoms with E-state index in [9.17, 15) is 19.8 Å². The molecule has 8 heteroatoms. The van der Waals surface area contributed by atoms with E-state index in [1.54, 1.807) is 28.1 Å². The Hall–Kier alpha value is -3.62. The second kappa shape index (κ2) is 9.48. The number of carbonyl (C=O) groups excluding carboxylic acids is 2. The molecule has 0 bridgehead atoms. The molecule has 0 radical (unpaired) electrons. The molecule has 1 fully saturated rings. The van der Waals surface area contributed by atoms with Crippen molar-refractivity contribution in [1.82, 2.24) is 19.8 Å². The van der Waals surface area contributed by atoms with Crippen molar-refractivity contribution in [3.05, 3.63) is 95.5 Å². The van der Waals surface area contributed by atoms with Crippen molar-refractivity contribution >= 4 is 11.8 Å². The summed E-state index contributed by atoms with van der Waals surface area (Å²) < 4.78 is 0. The summed E-state index contributed by atoms with van der Waals surface area (Å²) in [4.78, 5) is 28.1. The predicted octanol–water partition coefficient (Wildman–Crippen LogP) is 2.23. The lowest BCUT2D eigenvalue weighted by molar-refractivity contribution is -0.150. The van der Waals surface area contributed by atoms with E-state index < -0.39 is 17.8 Å². The Morgan fingerprint density at radius 3 is 2.21 bits per heavy atom. The molecule has 33 heavy (non-hydrogen) atoms. The van der Waals surface area contributed by atoms with Crippen molar-refractivity contribution in [3.8, 4) is 0 Å². The molecule has 2 aromatic rings. The molecule has 2 amide bonds. The minimum atomic E-state index is -1.26. The number of amides is 2. The Morgan fingerprint density at radius 2 is 1.67 bits per heavy atom. The van der Waals surface area contributed by atoms with Crippen LogP contribution in [-0.2, 0) is 9.59 Å². The summed E-state index contributed by atoms with van der Waals surface area (Å²) in [6.45, 7) is 2.34. The smallest absolute Gasteiger partial charge is 0.276 e. The summed E-state index contributed by atoms with van der Waals surface area (Å²) in [6.07, 6.45) is 1.81. The third-order valence-electron chi connectivity index (χ3n) is 6.02. The summed E-state index contributed by atoms with van der Waals surface area (Å²) in [5.74, 6) is -0.886. The molecule has 4 rings (SSSR count). The van der Waals surface area contributed by atoms with Gasteiger partial charge in [0, 0.05) is 33.3 Å². The average molecular weight is 449 g/mol. The Kier molecular flexibility index (Phi) is 6.48. The Balaban J connectivity index is 1.77. The maximum absolute atomic E-state index is 13.3. The summed E-state index contributed by atoms with van der Waals surface area (Å²) in [7, 11) is 1.68. The van der Waals surface area contributed by atoms with Gasteiger partial charge in [0.15, 0.2) is 11.5 Å². The van der Waals surface area contributed by atoms with Gasteiger partial charge in [-0.25, -0.2) is 0 Å². The van der Waals surface area contributed by atoms with Crippen molar-refractivity contribution in [2.24, 2.45) is 0 Å². The van der Waals surface area contributed by atoms with Crippen LogP contribution in [0.15, 0.2) is 84.4 Å². The zero-order valence-electron chi connectivity index (χ0n) is 18.7. The molecule has 0 aliphatic carbocycles. The van der Waals surface area contributed by atoms with Gasteiger partial charge in [0.1, 0.15) is 6.10 Å². The van der Waals surface area contributed by atoms with E-state index in [4.69, 9.17) is 0 Å². The maximum atomic E-state index is 13.3. The first-order chi connectivity index (χ1) is 15.9. The number of fused-ring (bicyclic) bond motifs is 1. The number of benzene rings is 2. The maximum Gasteiger partial charge on any atom is 0.276 e. The van der Waals surface area contributed by atoms with Gasteiger partial charge >= 0.3 is 0 Å². The van der Waals surface area contributed by atoms with Crippen molar-refractivity contribution in [2.45, 2.75) is 19.1 Å². The van der Waals surface area contributed by atoms with Crippen LogP contribution in [0.4, 0.5) is 0 Å². The summed E-state index contributed by atoms with van der Waals surface area (Å²) >= 11 is 0. The van der Waals surface area contributed by atoms with Crippen molar-refractivity contribution in [1.29, 1.82) is 0 Å². The van der Waals surface area contributed by atoms with Crippen LogP contribution in [-0.4, -0.2) is 74.8 Å². The predicted molar refractivity (Wildman–Crippen MR) is 123 cm³/mol. The number of aliphatic hydroxyl groups excluding tert-OH is 2. The molecule has 8 nitrogen and oxygen atoms in total. The number of hydrogen-bond acceptors (Lipinski definition) is 6. The number of hydrazine groups is 1. The molecule has 2 N–H and O–H groups in total. The van der Waals surface area contributed by atoms with Crippen LogP contribution in [0.2, 0.25) is 0 Å². The number of hydrogen-bond donors (Lipinski definition) is 2. The van der Waals surface area contributed by atoms with Crippen LogP contribution >= 0.6 is 0 Å². The van der Waals surface area contributed by atoms with Crippen LogP contribution in [0.3, 0.4) is 0 Å². The largest absolute Gasteiger partial charge is 0.507 e. The first-order valence-electron chi connectivity index (χ1n) is 10.8. The van der Waals surface area contributed by atoms with E-state index >= 15 is 0 Å². The van der Waals surface area contributed by atoms with E-state index in [1.165, 1.54) is 13.0 Å². The number of nitrogens with zero attached hydrogens (tertiary/aromatic N) is 4. The standard InChI is InChI=1S/C25H28N4O4/c1-18(30)26(2)15-16-27-17-29(28-14-13-21(31)24(32)23(28)25(27)33)22(19-9-5-3-6-10-19)20-11-7-4-8-12-20/h3-14,21-22,31-32H,15-17H2,1-2H3. The van der Waals surface area contributed by atoms with E-state index in [-0.39, 0.29) is 30.9 Å². The molecular weight excluding hydrogens is 420 g/mol. The van der Waals surface area contributed by atoms with Crippen LogP contribution in [0.25, 0.3) is 0 Å². The molecule has 2 aliphatic heterocycles. The second-order valence-corrected chi connectivity index (χ2v) is 8.18. The number of likely N-dealkylation sites (N-methyl/N-ethyl adjacent to an activating group) is 1. The molecule has 172 valence electrons. The fourth-order valence-corrected chi connectivity index (χ4v) is 4.08. The third-order valence-corrected chi connectivity index (χ3v) is 6.02. The fourth-order valence-electron chi connectivity index (χ4n) is 4.08. The highest BCUT2D eigenvalue weighted by Gasteiger charge is 2.42. The van der Waals surface area contributed by atoms with Gasteiger partial charge in [0.05, 0.1) is 12.7 Å². The van der Waals surface area contributed by atoms with Crippen molar-refractivity contribution in [3.63, 3.8) is 0 Å². The Morgan fingerprint density at radius 1 is 1.09 bits per heavy atom. The number of carbonyl (C=O) groups is 2. The van der Waals surface area contributed by atoms with Gasteiger partial charge in [-0.1, -0.05) is 60.7 Å². The van der Waals surface area contributed by atoms with E-state index in [0.29, 0.717) is 6.54 Å². The highest BCUT2D eigenvalue weighted by Crippen LogP contribution is 2.36. The number of aliphatic hydroxyl groups is 2. The normalized spacial score (nSPS) is 18.7. The van der Waals surface area contributed by atoms with Gasteiger partial charge in [-0.15, -0.1) is 0 Å². The number of rotatable bonds is 6. The van der Waals surface area contributed by atoms with Crippen LogP contribution in [0.5, 0.6) is 0 Å². The Bertz CT molecular complexity index is 1030. The van der Waals surface area contributed by atoms with Gasteiger partial charge in [0.25, 0.3) is 5.91 Å². The van der Waals surface area contributed by atoms with Crippen molar-refractivity contribution in [2.75, 3.05) is 26.8 Å². The van der Waals surface area contributed by atoms with Crippen LogP contribution < -0.4 is 0 Å². The SMILES string of the molecule is CC(=O)N(C)CCN1CN(C(c2ccccc2)c2ccccc2)N2C=CC(O)C(O)=C2C1=O. The molecule has 2 aliphatic rings. The first-order valence-corrected chi connectivity index (χ1v) is 10.8. The molecule has 2 aromatic carbocycles. The molecule has 0 saturated carbocycles. The molecule has 1 saturated heterocycles. The van der Waals surface area contributed by atoms with Crippen LogP contribution in [0, 0.1) is 0 Å². The first kappa shape index (κ1) is 22.6. The lowest BCUT2D eigenvalue weighted by atomic mass is 9.97. The molecular formula is C25H28N4O4. The quantitative estimate of drug-likeness (QED) is 0.705. The molecule has 1 unspecified atom stereocenters. The monoisotopic (exact) mass is 448 g/mol. The lowest BCUT2D eigenvalue weighted by Crippen LogP contribution is -2.59. The highest BCUT2D eigenvalue weighted by molar-refractivity contribution is 5.94. The van der Waals surface area contributed by atoms with Gasteiger partial charge in [-0.2, -0.15) is 5.01 Å². The highest BCUT2D eigenvalue weighted by atomic mass is 16.3. The molecule has 1 atom stereocenters. The zero-order chi connectivity index (χ0) is 23.5. The van der Waals surface area contributed by atoms with E-state index in [0.717, 1.165) is 11.1 Å². The summed E-state index contributed by atoms with van der Waals surface area (Å²) in [6, 6.07) is 19.6. The van der Waals surface area contributed by atoms with E-state index in [1.807, 2.05) is 65.7 Å². The fraction of sp³-hybridized carbons (Fsp3) is 0.280. The summed E-state index contributed by atoms with van der Waals surface area (Å²) in [5.41, 5.74) is 2.04. The van der Waals surface area contributed by atoms with Gasteiger partial charge in [-0.3, -0.25) is 14.6 Å². The third kappa shape index (κ3) is 4.48. The minimum Gasteiger partial charge on any atom is -0.507 e. The topological polar surface area (TPSA) is 87.6 Å². The molecule has 2 heterocycles. The minimum absolute atomic E-state index is 0.0126. The van der Waals surface area contributed by atoms with E-state index in [2.05, 4.69) is 0 Å². The van der Waals surface area contributed by atoms with Crippen LogP contribution in [0.1, 0.15) is 24.1 Å². The zero-order valence-corrected chi connectivity index (χ0v) is 18.7. The summed E-state index contributed by atoms with van der Waals surface area (Å²) in [5, 5.41) is 24.5.